The van der Waals surface area contributed by atoms with E-state index in [-0.39, 0.29) is 0 Å². The van der Waals surface area contributed by atoms with E-state index >= 15 is 0 Å². The van der Waals surface area contributed by atoms with Gasteiger partial charge < -0.3 is 18.3 Å². The number of nitrogens with zero attached hydrogens (tertiary/aromatic N) is 4. The molecule has 8 aromatic carbocycles. The first-order valence-corrected chi connectivity index (χ1v) is 19.2. The predicted molar refractivity (Wildman–Crippen MR) is 234 cm³/mol. The molecule has 262 valence electrons. The first-order chi connectivity index (χ1) is 27.8. The SMILES string of the molecule is c1ccc(-n2ccc3ccc4c(c5ccccc5n4-c4ccc(-c5ccc(-n6c7ccccc7c7c8c(ccc76)ccn8-c6ccccc6)cc5)cc4)c32)cc1. The van der Waals surface area contributed by atoms with Crippen LogP contribution >= 0.6 is 0 Å². The Morgan fingerprint density at radius 1 is 0.268 bits per heavy atom. The quantitative estimate of drug-likeness (QED) is 0.169. The van der Waals surface area contributed by atoms with Crippen molar-refractivity contribution >= 4 is 65.4 Å². The lowest BCUT2D eigenvalue weighted by molar-refractivity contribution is 1.13. The molecule has 0 spiro atoms. The molecule has 4 aromatic heterocycles. The Morgan fingerprint density at radius 2 is 0.661 bits per heavy atom. The molecule has 0 bridgehead atoms. The van der Waals surface area contributed by atoms with Gasteiger partial charge in [-0.2, -0.15) is 0 Å². The van der Waals surface area contributed by atoms with Crippen LogP contribution in [-0.4, -0.2) is 18.3 Å². The number of fused-ring (bicyclic) bond motifs is 10. The van der Waals surface area contributed by atoms with Gasteiger partial charge in [-0.05, 0) is 96.1 Å². The first-order valence-electron chi connectivity index (χ1n) is 19.2. The summed E-state index contributed by atoms with van der Waals surface area (Å²) in [6.45, 7) is 0. The van der Waals surface area contributed by atoms with Gasteiger partial charge in [0.15, 0.2) is 0 Å². The van der Waals surface area contributed by atoms with Gasteiger partial charge in [0, 0.05) is 67.5 Å². The molecule has 0 fully saturated rings. The van der Waals surface area contributed by atoms with E-state index in [2.05, 4.69) is 225 Å². The van der Waals surface area contributed by atoms with Gasteiger partial charge in [0.1, 0.15) is 0 Å². The second-order valence-corrected chi connectivity index (χ2v) is 14.6. The number of rotatable bonds is 5. The highest BCUT2D eigenvalue weighted by molar-refractivity contribution is 6.22. The van der Waals surface area contributed by atoms with Crippen molar-refractivity contribution in [3.63, 3.8) is 0 Å². The van der Waals surface area contributed by atoms with E-state index in [0.717, 1.165) is 22.7 Å². The van der Waals surface area contributed by atoms with Gasteiger partial charge in [-0.15, -0.1) is 0 Å². The van der Waals surface area contributed by atoms with Crippen molar-refractivity contribution in [2.45, 2.75) is 0 Å². The van der Waals surface area contributed by atoms with Gasteiger partial charge >= 0.3 is 0 Å². The summed E-state index contributed by atoms with van der Waals surface area (Å²) in [5.74, 6) is 0. The number of benzene rings is 8. The van der Waals surface area contributed by atoms with Gasteiger partial charge in [-0.25, -0.2) is 0 Å². The Balaban J connectivity index is 0.953. The van der Waals surface area contributed by atoms with E-state index in [9.17, 15) is 0 Å². The van der Waals surface area contributed by atoms with Gasteiger partial charge in [-0.1, -0.05) is 109 Å². The molecule has 0 unspecified atom stereocenters. The average molecular weight is 715 g/mol. The summed E-state index contributed by atoms with van der Waals surface area (Å²) in [5.41, 5.74) is 14.3. The topological polar surface area (TPSA) is 19.7 Å². The summed E-state index contributed by atoms with van der Waals surface area (Å²) in [5, 5.41) is 7.51. The van der Waals surface area contributed by atoms with Crippen molar-refractivity contribution in [3.05, 3.63) is 207 Å². The second-order valence-electron chi connectivity index (χ2n) is 14.6. The fourth-order valence-corrected chi connectivity index (χ4v) is 9.13. The standard InChI is InChI=1S/C52H34N4/c1-3-11-39(12-4-1)53-33-31-37-23-29-47-49(51(37)53)43-15-7-9-17-45(43)55(47)41-25-19-35(20-26-41)36-21-27-42(28-22-36)56-46-18-10-8-16-44(46)50-48(56)30-24-38-32-34-54(52(38)50)40-13-5-2-6-14-40/h1-34H. The third-order valence-electron chi connectivity index (χ3n) is 11.6. The van der Waals surface area contributed by atoms with Crippen LogP contribution in [0.25, 0.3) is 99.3 Å². The Bertz CT molecular complexity index is 3200. The van der Waals surface area contributed by atoms with E-state index in [4.69, 9.17) is 0 Å². The van der Waals surface area contributed by atoms with Crippen LogP contribution in [0.4, 0.5) is 0 Å². The molecule has 4 nitrogen and oxygen atoms in total. The smallest absolute Gasteiger partial charge is 0.0628 e. The van der Waals surface area contributed by atoms with E-state index in [1.54, 1.807) is 0 Å². The minimum Gasteiger partial charge on any atom is -0.316 e. The number of hydrogen-bond donors (Lipinski definition) is 0. The van der Waals surface area contributed by atoms with Crippen LogP contribution in [0.5, 0.6) is 0 Å². The first kappa shape index (κ1) is 30.9. The molecule has 0 N–H and O–H groups in total. The summed E-state index contributed by atoms with van der Waals surface area (Å²) in [6, 6.07) is 70.4. The molecule has 4 heteroatoms. The zero-order valence-electron chi connectivity index (χ0n) is 30.4. The number of para-hydroxylation sites is 4. The average Bonchev–Trinajstić information content (AvgIpc) is 4.05. The molecule has 0 aliphatic carbocycles. The van der Waals surface area contributed by atoms with E-state index in [1.807, 2.05) is 0 Å². The van der Waals surface area contributed by atoms with Crippen LogP contribution in [0.1, 0.15) is 0 Å². The Labute approximate surface area is 322 Å². The monoisotopic (exact) mass is 714 g/mol. The molecule has 0 saturated heterocycles. The van der Waals surface area contributed by atoms with Crippen molar-refractivity contribution in [1.82, 2.24) is 18.3 Å². The van der Waals surface area contributed by atoms with Crippen LogP contribution in [0.2, 0.25) is 0 Å². The summed E-state index contributed by atoms with van der Waals surface area (Å²) in [6.07, 6.45) is 4.38. The summed E-state index contributed by atoms with van der Waals surface area (Å²) >= 11 is 0. The highest BCUT2D eigenvalue weighted by atomic mass is 15.0. The highest BCUT2D eigenvalue weighted by Gasteiger charge is 2.19. The minimum absolute atomic E-state index is 1.14. The lowest BCUT2D eigenvalue weighted by Gasteiger charge is -2.12. The number of hydrogen-bond acceptors (Lipinski definition) is 0. The Hall–Kier alpha value is -7.56. The van der Waals surface area contributed by atoms with Crippen LogP contribution < -0.4 is 0 Å². The fourth-order valence-electron chi connectivity index (χ4n) is 9.13. The van der Waals surface area contributed by atoms with Gasteiger partial charge in [0.2, 0.25) is 0 Å². The van der Waals surface area contributed by atoms with Crippen LogP contribution in [-0.2, 0) is 0 Å². The maximum atomic E-state index is 2.41. The molecular formula is C52H34N4. The second kappa shape index (κ2) is 12.0. The highest BCUT2D eigenvalue weighted by Crippen LogP contribution is 2.40. The molecule has 0 amide bonds. The zero-order valence-corrected chi connectivity index (χ0v) is 30.4. The summed E-state index contributed by atoms with van der Waals surface area (Å²) < 4.78 is 9.47. The maximum absolute atomic E-state index is 2.41. The number of aromatic nitrogens is 4. The van der Waals surface area contributed by atoms with E-state index in [1.165, 1.54) is 76.5 Å². The maximum Gasteiger partial charge on any atom is 0.0628 e. The van der Waals surface area contributed by atoms with Gasteiger partial charge in [0.25, 0.3) is 0 Å². The van der Waals surface area contributed by atoms with Crippen molar-refractivity contribution in [2.75, 3.05) is 0 Å². The van der Waals surface area contributed by atoms with Gasteiger partial charge in [0.05, 0.1) is 33.1 Å². The Morgan fingerprint density at radius 3 is 1.09 bits per heavy atom. The van der Waals surface area contributed by atoms with Crippen molar-refractivity contribution in [3.8, 4) is 33.9 Å². The Kier molecular flexibility index (Phi) is 6.60. The fraction of sp³-hybridized carbons (Fsp3) is 0. The molecule has 0 radical (unpaired) electrons. The molecule has 0 aliphatic rings. The third-order valence-corrected chi connectivity index (χ3v) is 11.6. The molecule has 0 atom stereocenters. The zero-order chi connectivity index (χ0) is 36.7. The minimum atomic E-state index is 1.14. The molecule has 4 heterocycles. The van der Waals surface area contributed by atoms with Crippen LogP contribution in [0.3, 0.4) is 0 Å². The molecule has 12 rings (SSSR count). The third kappa shape index (κ3) is 4.47. The largest absolute Gasteiger partial charge is 0.316 e. The molecule has 12 aromatic rings. The molecule has 56 heavy (non-hydrogen) atoms. The molecule has 0 aliphatic heterocycles. The molecular weight excluding hydrogens is 681 g/mol. The van der Waals surface area contributed by atoms with E-state index in [0.29, 0.717) is 0 Å². The van der Waals surface area contributed by atoms with Crippen LogP contribution in [0.15, 0.2) is 207 Å². The van der Waals surface area contributed by atoms with Crippen molar-refractivity contribution in [1.29, 1.82) is 0 Å². The van der Waals surface area contributed by atoms with Crippen LogP contribution in [0, 0.1) is 0 Å². The lowest BCUT2D eigenvalue weighted by Crippen LogP contribution is -1.95. The molecule has 0 saturated carbocycles. The van der Waals surface area contributed by atoms with E-state index < -0.39 is 0 Å². The van der Waals surface area contributed by atoms with Crippen molar-refractivity contribution in [2.24, 2.45) is 0 Å². The summed E-state index contributed by atoms with van der Waals surface area (Å²) in [7, 11) is 0. The summed E-state index contributed by atoms with van der Waals surface area (Å²) in [4.78, 5) is 0. The normalized spacial score (nSPS) is 11.9. The van der Waals surface area contributed by atoms with Gasteiger partial charge in [-0.3, -0.25) is 0 Å². The predicted octanol–water partition coefficient (Wildman–Crippen LogP) is 13.4. The lowest BCUT2D eigenvalue weighted by atomic mass is 10.0. The van der Waals surface area contributed by atoms with Crippen molar-refractivity contribution < 1.29 is 0 Å².